The molecule has 1 atom stereocenters. The van der Waals surface area contributed by atoms with Gasteiger partial charge in [-0.3, -0.25) is 9.36 Å². The van der Waals surface area contributed by atoms with Crippen LogP contribution in [0.1, 0.15) is 59.5 Å². The lowest BCUT2D eigenvalue weighted by Gasteiger charge is -2.15. The number of carbonyl (C=O) groups excluding carboxylic acids is 1. The molecule has 4 aromatic rings. The molecule has 184 valence electrons. The fraction of sp³-hybridized carbons (Fsp3) is 0.259. The van der Waals surface area contributed by atoms with Crippen molar-refractivity contribution >= 4 is 45.0 Å². The normalized spacial score (nSPS) is 11.8. The number of nitrogens with zero attached hydrogens (tertiary/aromatic N) is 3. The Bertz CT molecular complexity index is 1520. The van der Waals surface area contributed by atoms with Gasteiger partial charge in [-0.15, -0.1) is 11.3 Å². The van der Waals surface area contributed by atoms with Crippen LogP contribution in [0.2, 0.25) is 0 Å². The van der Waals surface area contributed by atoms with Gasteiger partial charge in [-0.25, -0.2) is 9.78 Å². The van der Waals surface area contributed by atoms with E-state index in [1.54, 1.807) is 23.6 Å². The first-order valence-corrected chi connectivity index (χ1v) is 13.4. The average Bonchev–Trinajstić information content (AvgIpc) is 3.22. The molecule has 0 aliphatic carbocycles. The number of hydrogen-bond acceptors (Lipinski definition) is 8. The molecule has 0 spiro atoms. The van der Waals surface area contributed by atoms with E-state index in [0.717, 1.165) is 17.8 Å². The number of rotatable bonds is 8. The van der Waals surface area contributed by atoms with E-state index >= 15 is 0 Å². The second kappa shape index (κ2) is 11.0. The van der Waals surface area contributed by atoms with E-state index in [9.17, 15) is 14.9 Å². The lowest BCUT2D eigenvalue weighted by Crippen LogP contribution is -2.21. The summed E-state index contributed by atoms with van der Waals surface area (Å²) in [7, 11) is 0. The molecule has 0 aliphatic heterocycles. The van der Waals surface area contributed by atoms with Gasteiger partial charge in [0.2, 0.25) is 0 Å². The van der Waals surface area contributed by atoms with Crippen LogP contribution in [0, 0.1) is 11.3 Å². The van der Waals surface area contributed by atoms with Gasteiger partial charge in [-0.2, -0.15) is 5.26 Å². The lowest BCUT2D eigenvalue weighted by molar-refractivity contribution is 0.0531. The molecule has 0 fully saturated rings. The number of para-hydroxylation sites is 1. The maximum absolute atomic E-state index is 13.6. The van der Waals surface area contributed by atoms with Crippen LogP contribution in [-0.4, -0.2) is 22.1 Å². The summed E-state index contributed by atoms with van der Waals surface area (Å²) in [4.78, 5) is 31.2. The smallest absolute Gasteiger partial charge is 0.348 e. The number of thioether (sulfide) groups is 1. The van der Waals surface area contributed by atoms with Gasteiger partial charge >= 0.3 is 5.97 Å². The van der Waals surface area contributed by atoms with Crippen molar-refractivity contribution in [1.29, 1.82) is 5.26 Å². The van der Waals surface area contributed by atoms with Crippen molar-refractivity contribution in [3.05, 3.63) is 80.5 Å². The highest BCUT2D eigenvalue weighted by Crippen LogP contribution is 2.36. The second-order valence-electron chi connectivity index (χ2n) is 8.22. The Labute approximate surface area is 217 Å². The van der Waals surface area contributed by atoms with Gasteiger partial charge in [0.25, 0.3) is 5.56 Å². The number of hydrogen-bond donors (Lipinski definition) is 1. The Morgan fingerprint density at radius 1 is 1.22 bits per heavy atom. The van der Waals surface area contributed by atoms with Gasteiger partial charge in [-0.1, -0.05) is 49.9 Å². The molecular formula is C27H26N4O3S2. The number of anilines is 1. The highest BCUT2D eigenvalue weighted by Gasteiger charge is 2.24. The van der Waals surface area contributed by atoms with Crippen LogP contribution in [0.25, 0.3) is 16.6 Å². The largest absolute Gasteiger partial charge is 0.462 e. The molecular weight excluding hydrogens is 492 g/mol. The third kappa shape index (κ3) is 4.87. The number of carbonyl (C=O) groups is 1. The Morgan fingerprint density at radius 2 is 1.94 bits per heavy atom. The van der Waals surface area contributed by atoms with E-state index in [4.69, 9.17) is 15.5 Å². The van der Waals surface area contributed by atoms with Crippen LogP contribution < -0.4 is 11.3 Å². The molecule has 2 N–H and O–H groups in total. The quantitative estimate of drug-likeness (QED) is 0.176. The zero-order chi connectivity index (χ0) is 25.8. The van der Waals surface area contributed by atoms with Crippen LogP contribution in [0.5, 0.6) is 0 Å². The fourth-order valence-corrected chi connectivity index (χ4v) is 5.93. The zero-order valence-electron chi connectivity index (χ0n) is 20.3. The summed E-state index contributed by atoms with van der Waals surface area (Å²) in [5, 5.41) is 10.9. The number of thiophene rings is 1. The number of nitrogen functional groups attached to an aromatic ring is 1. The van der Waals surface area contributed by atoms with E-state index < -0.39 is 5.97 Å². The van der Waals surface area contributed by atoms with Gasteiger partial charge in [0, 0.05) is 11.3 Å². The molecule has 9 heteroatoms. The highest BCUT2D eigenvalue weighted by molar-refractivity contribution is 7.98. The molecule has 2 heterocycles. The first-order valence-electron chi connectivity index (χ1n) is 11.6. The predicted molar refractivity (Wildman–Crippen MR) is 145 cm³/mol. The van der Waals surface area contributed by atoms with Crippen LogP contribution in [0.4, 0.5) is 5.00 Å². The summed E-state index contributed by atoms with van der Waals surface area (Å²) in [6, 6.07) is 17.2. The van der Waals surface area contributed by atoms with E-state index in [1.807, 2.05) is 36.4 Å². The number of nitriles is 1. The van der Waals surface area contributed by atoms with Gasteiger partial charge in [0.15, 0.2) is 5.16 Å². The topological polar surface area (TPSA) is 111 Å². The Kier molecular flexibility index (Phi) is 7.77. The van der Waals surface area contributed by atoms with Crippen molar-refractivity contribution in [2.45, 2.75) is 44.0 Å². The predicted octanol–water partition coefficient (Wildman–Crippen LogP) is 5.88. The Hall–Kier alpha value is -3.61. The fourth-order valence-electron chi connectivity index (χ4n) is 3.87. The van der Waals surface area contributed by atoms with Crippen molar-refractivity contribution in [3.63, 3.8) is 0 Å². The van der Waals surface area contributed by atoms with Crippen molar-refractivity contribution in [2.24, 2.45) is 0 Å². The second-order valence-corrected chi connectivity index (χ2v) is 10.2. The maximum atomic E-state index is 13.6. The number of ether oxygens (including phenoxy) is 1. The Balaban J connectivity index is 1.81. The minimum absolute atomic E-state index is 0.185. The number of aromatic nitrogens is 2. The third-order valence-corrected chi connectivity index (χ3v) is 8.04. The van der Waals surface area contributed by atoms with Crippen LogP contribution in [0.3, 0.4) is 0 Å². The van der Waals surface area contributed by atoms with Crippen molar-refractivity contribution in [3.8, 4) is 11.8 Å². The summed E-state index contributed by atoms with van der Waals surface area (Å²) >= 11 is 2.32. The molecule has 0 radical (unpaired) electrons. The monoisotopic (exact) mass is 518 g/mol. The van der Waals surface area contributed by atoms with Gasteiger partial charge in [0.05, 0.1) is 28.8 Å². The molecule has 0 saturated heterocycles. The number of esters is 1. The maximum Gasteiger partial charge on any atom is 0.348 e. The minimum atomic E-state index is -0.518. The summed E-state index contributed by atoms with van der Waals surface area (Å²) in [5.74, 6) is 0.116. The summed E-state index contributed by atoms with van der Waals surface area (Å²) in [6.07, 6.45) is 1.02. The standard InChI is InChI=1S/C27H26N4O3S2/c1-4-16(3)17-10-12-18(13-11-17)31-25(32)19-8-6-7-9-22(19)30-27(31)35-15-21-20(14-28)24(29)36-23(21)26(33)34-5-2/h6-13,16H,4-5,15,29H2,1-3H3/t16-/m0/s1. The van der Waals surface area contributed by atoms with Crippen LogP contribution in [0.15, 0.2) is 58.5 Å². The zero-order valence-corrected chi connectivity index (χ0v) is 21.9. The van der Waals surface area contributed by atoms with Crippen molar-refractivity contribution < 1.29 is 9.53 Å². The van der Waals surface area contributed by atoms with Gasteiger partial charge < -0.3 is 10.5 Å². The Morgan fingerprint density at radius 3 is 2.61 bits per heavy atom. The van der Waals surface area contributed by atoms with Gasteiger partial charge in [-0.05, 0) is 49.1 Å². The molecule has 0 amide bonds. The minimum Gasteiger partial charge on any atom is -0.462 e. The first kappa shape index (κ1) is 25.5. The van der Waals surface area contributed by atoms with Crippen molar-refractivity contribution in [2.75, 3.05) is 12.3 Å². The summed E-state index contributed by atoms with van der Waals surface area (Å²) in [5.41, 5.74) is 9.06. The number of benzene rings is 2. The molecule has 36 heavy (non-hydrogen) atoms. The molecule has 0 bridgehead atoms. The highest BCUT2D eigenvalue weighted by atomic mass is 32.2. The molecule has 2 aromatic carbocycles. The average molecular weight is 519 g/mol. The molecule has 0 aliphatic rings. The van der Waals surface area contributed by atoms with Gasteiger partial charge in [0.1, 0.15) is 15.9 Å². The van der Waals surface area contributed by atoms with E-state index in [-0.39, 0.29) is 28.5 Å². The van der Waals surface area contributed by atoms with E-state index in [0.29, 0.717) is 38.1 Å². The number of fused-ring (bicyclic) bond motifs is 1. The summed E-state index contributed by atoms with van der Waals surface area (Å²) < 4.78 is 6.75. The van der Waals surface area contributed by atoms with Crippen LogP contribution in [-0.2, 0) is 10.5 Å². The molecule has 2 aromatic heterocycles. The summed E-state index contributed by atoms with van der Waals surface area (Å²) in [6.45, 7) is 6.24. The molecule has 7 nitrogen and oxygen atoms in total. The van der Waals surface area contributed by atoms with E-state index in [2.05, 4.69) is 19.9 Å². The lowest BCUT2D eigenvalue weighted by atomic mass is 9.98. The van der Waals surface area contributed by atoms with Crippen molar-refractivity contribution in [1.82, 2.24) is 9.55 Å². The molecule has 0 unspecified atom stereocenters. The van der Waals surface area contributed by atoms with E-state index in [1.165, 1.54) is 17.3 Å². The molecule has 0 saturated carbocycles. The SMILES string of the molecule is CCOC(=O)c1sc(N)c(C#N)c1CSc1nc2ccccc2c(=O)n1-c1ccc([C@@H](C)CC)cc1. The third-order valence-electron chi connectivity index (χ3n) is 6.03. The molecule has 4 rings (SSSR count). The van der Waals surface area contributed by atoms with Crippen LogP contribution >= 0.6 is 23.1 Å². The first-order chi connectivity index (χ1) is 17.4. The number of nitrogens with two attached hydrogens (primary N) is 1.